The van der Waals surface area contributed by atoms with Crippen molar-refractivity contribution in [3.63, 3.8) is 0 Å². The van der Waals surface area contributed by atoms with Crippen LogP contribution in [0.15, 0.2) is 18.2 Å². The number of ether oxygens (including phenoxy) is 2. The zero-order chi connectivity index (χ0) is 13.8. The van der Waals surface area contributed by atoms with E-state index in [1.165, 1.54) is 7.11 Å². The normalized spacial score (nSPS) is 17.2. The molecule has 19 heavy (non-hydrogen) atoms. The summed E-state index contributed by atoms with van der Waals surface area (Å²) in [5.41, 5.74) is 6.16. The summed E-state index contributed by atoms with van der Waals surface area (Å²) in [5.74, 6) is -0.0857. The van der Waals surface area contributed by atoms with Crippen LogP contribution in [0.4, 0.5) is 0 Å². The lowest BCUT2D eigenvalue weighted by Crippen LogP contribution is -2.23. The second kappa shape index (κ2) is 5.93. The fourth-order valence-electron chi connectivity index (χ4n) is 2.37. The van der Waals surface area contributed by atoms with Gasteiger partial charge < -0.3 is 20.3 Å². The first-order valence-corrected chi connectivity index (χ1v) is 6.45. The van der Waals surface area contributed by atoms with E-state index in [4.69, 9.17) is 20.3 Å². The van der Waals surface area contributed by atoms with E-state index in [-0.39, 0.29) is 6.10 Å². The quantitative estimate of drug-likeness (QED) is 0.852. The Bertz CT molecular complexity index is 455. The Hall–Kier alpha value is -1.75. The average Bonchev–Trinajstić information content (AvgIpc) is 2.91. The maximum Gasteiger partial charge on any atom is 0.325 e. The van der Waals surface area contributed by atoms with Crippen molar-refractivity contribution < 1.29 is 19.4 Å². The Balaban J connectivity index is 2.33. The summed E-state index contributed by atoms with van der Waals surface area (Å²) in [5, 5.41) is 9.06. The van der Waals surface area contributed by atoms with E-state index in [0.29, 0.717) is 17.1 Å². The Morgan fingerprint density at radius 3 is 2.68 bits per heavy atom. The zero-order valence-corrected chi connectivity index (χ0v) is 11.0. The third-order valence-corrected chi connectivity index (χ3v) is 3.42. The number of benzene rings is 1. The van der Waals surface area contributed by atoms with Crippen LogP contribution >= 0.6 is 0 Å². The Morgan fingerprint density at radius 1 is 1.42 bits per heavy atom. The Labute approximate surface area is 112 Å². The Kier molecular flexibility index (Phi) is 4.27. The van der Waals surface area contributed by atoms with Gasteiger partial charge in [0.1, 0.15) is 6.04 Å². The first-order chi connectivity index (χ1) is 9.13. The molecule has 0 amide bonds. The van der Waals surface area contributed by atoms with Crippen LogP contribution in [0, 0.1) is 0 Å². The molecule has 0 saturated heterocycles. The highest BCUT2D eigenvalue weighted by Crippen LogP contribution is 2.37. The monoisotopic (exact) mass is 265 g/mol. The number of hydrogen-bond donors (Lipinski definition) is 2. The predicted molar refractivity (Wildman–Crippen MR) is 70.4 cm³/mol. The first kappa shape index (κ1) is 13.7. The van der Waals surface area contributed by atoms with Gasteiger partial charge in [-0.15, -0.1) is 0 Å². The van der Waals surface area contributed by atoms with Crippen LogP contribution in [0.25, 0.3) is 0 Å². The lowest BCUT2D eigenvalue weighted by Gasteiger charge is -2.20. The predicted octanol–water partition coefficient (Wildman–Crippen LogP) is 2.10. The lowest BCUT2D eigenvalue weighted by molar-refractivity contribution is -0.138. The van der Waals surface area contributed by atoms with E-state index in [9.17, 15) is 4.79 Å². The summed E-state index contributed by atoms with van der Waals surface area (Å²) in [6, 6.07) is 4.04. The highest BCUT2D eigenvalue weighted by Gasteiger charge is 2.25. The van der Waals surface area contributed by atoms with Crippen LogP contribution in [0.1, 0.15) is 37.3 Å². The van der Waals surface area contributed by atoms with E-state index >= 15 is 0 Å². The average molecular weight is 265 g/mol. The van der Waals surface area contributed by atoms with Crippen LogP contribution < -0.4 is 15.2 Å². The fraction of sp³-hybridized carbons (Fsp3) is 0.500. The first-order valence-electron chi connectivity index (χ1n) is 6.45. The molecule has 0 radical (unpaired) electrons. The molecule has 104 valence electrons. The van der Waals surface area contributed by atoms with Gasteiger partial charge in [-0.05, 0) is 31.7 Å². The maximum atomic E-state index is 11.1. The second-order valence-electron chi connectivity index (χ2n) is 4.72. The van der Waals surface area contributed by atoms with Gasteiger partial charge >= 0.3 is 5.97 Å². The summed E-state index contributed by atoms with van der Waals surface area (Å²) in [4.78, 5) is 11.1. The summed E-state index contributed by atoms with van der Waals surface area (Å²) in [6.45, 7) is 0. The molecule has 0 bridgehead atoms. The molecule has 0 unspecified atom stereocenters. The number of para-hydroxylation sites is 1. The number of carbonyl (C=O) groups is 1. The highest BCUT2D eigenvalue weighted by atomic mass is 16.5. The Morgan fingerprint density at radius 2 is 2.11 bits per heavy atom. The van der Waals surface area contributed by atoms with Gasteiger partial charge in [0.05, 0.1) is 13.2 Å². The molecule has 0 heterocycles. The fourth-order valence-corrected chi connectivity index (χ4v) is 2.37. The zero-order valence-electron chi connectivity index (χ0n) is 11.0. The molecule has 5 heteroatoms. The van der Waals surface area contributed by atoms with Gasteiger partial charge in [-0.3, -0.25) is 4.79 Å². The summed E-state index contributed by atoms with van der Waals surface area (Å²) in [7, 11) is 1.53. The molecule has 3 N–H and O–H groups in total. The van der Waals surface area contributed by atoms with Gasteiger partial charge in [-0.1, -0.05) is 12.1 Å². The van der Waals surface area contributed by atoms with E-state index in [1.54, 1.807) is 18.2 Å². The summed E-state index contributed by atoms with van der Waals surface area (Å²) in [6.07, 6.45) is 4.37. The molecule has 1 fully saturated rings. The number of nitrogens with two attached hydrogens (primary N) is 1. The molecular formula is C14H19NO4. The molecule has 1 aliphatic carbocycles. The molecule has 0 aromatic heterocycles. The third-order valence-electron chi connectivity index (χ3n) is 3.42. The molecule has 1 saturated carbocycles. The van der Waals surface area contributed by atoms with Crippen LogP contribution in [0.5, 0.6) is 11.5 Å². The van der Waals surface area contributed by atoms with Crippen molar-refractivity contribution in [3.8, 4) is 11.5 Å². The van der Waals surface area contributed by atoms with E-state index in [0.717, 1.165) is 25.7 Å². The summed E-state index contributed by atoms with van der Waals surface area (Å²) < 4.78 is 11.2. The molecule has 1 aromatic carbocycles. The minimum atomic E-state index is -1.11. The van der Waals surface area contributed by atoms with Crippen LogP contribution in [-0.2, 0) is 4.79 Å². The van der Waals surface area contributed by atoms with Crippen molar-refractivity contribution in [3.05, 3.63) is 23.8 Å². The van der Waals surface area contributed by atoms with Crippen molar-refractivity contribution in [2.75, 3.05) is 7.11 Å². The van der Waals surface area contributed by atoms with Crippen molar-refractivity contribution in [2.24, 2.45) is 5.73 Å². The lowest BCUT2D eigenvalue weighted by atomic mass is 10.1. The minimum Gasteiger partial charge on any atom is -0.493 e. The van der Waals surface area contributed by atoms with E-state index in [2.05, 4.69) is 0 Å². The topological polar surface area (TPSA) is 81.8 Å². The number of carboxylic acid groups (broad SMARTS) is 1. The molecule has 5 nitrogen and oxygen atoms in total. The molecule has 0 spiro atoms. The van der Waals surface area contributed by atoms with Crippen molar-refractivity contribution in [1.29, 1.82) is 0 Å². The molecule has 0 aliphatic heterocycles. The van der Waals surface area contributed by atoms with Crippen LogP contribution in [-0.4, -0.2) is 24.3 Å². The standard InChI is InChI=1S/C14H19NO4/c1-18-11-8-4-7-10(12(15)14(16)17)13(11)19-9-5-2-3-6-9/h4,7-9,12H,2-3,5-6,15H2,1H3,(H,16,17)/t12-/m0/s1. The van der Waals surface area contributed by atoms with Gasteiger partial charge in [0.15, 0.2) is 11.5 Å². The van der Waals surface area contributed by atoms with Gasteiger partial charge in [-0.25, -0.2) is 0 Å². The van der Waals surface area contributed by atoms with Crippen molar-refractivity contribution in [2.45, 2.75) is 37.8 Å². The smallest absolute Gasteiger partial charge is 0.325 e. The van der Waals surface area contributed by atoms with Crippen molar-refractivity contribution >= 4 is 5.97 Å². The van der Waals surface area contributed by atoms with Crippen LogP contribution in [0.2, 0.25) is 0 Å². The molecule has 1 aliphatic rings. The number of rotatable bonds is 5. The van der Waals surface area contributed by atoms with Gasteiger partial charge in [0, 0.05) is 5.56 Å². The van der Waals surface area contributed by atoms with E-state index < -0.39 is 12.0 Å². The van der Waals surface area contributed by atoms with Crippen molar-refractivity contribution in [1.82, 2.24) is 0 Å². The highest BCUT2D eigenvalue weighted by molar-refractivity contribution is 5.77. The molecular weight excluding hydrogens is 246 g/mol. The van der Waals surface area contributed by atoms with E-state index in [1.807, 2.05) is 0 Å². The number of aliphatic carboxylic acids is 1. The number of methoxy groups -OCH3 is 1. The van der Waals surface area contributed by atoms with Gasteiger partial charge in [-0.2, -0.15) is 0 Å². The number of carboxylic acids is 1. The molecule has 1 aromatic rings. The summed E-state index contributed by atoms with van der Waals surface area (Å²) >= 11 is 0. The SMILES string of the molecule is COc1cccc([C@H](N)C(=O)O)c1OC1CCCC1. The van der Waals surface area contributed by atoms with Gasteiger partial charge in [0.25, 0.3) is 0 Å². The number of hydrogen-bond acceptors (Lipinski definition) is 4. The largest absolute Gasteiger partial charge is 0.493 e. The van der Waals surface area contributed by atoms with Crippen LogP contribution in [0.3, 0.4) is 0 Å². The second-order valence-corrected chi connectivity index (χ2v) is 4.72. The molecule has 2 rings (SSSR count). The molecule has 1 atom stereocenters. The third kappa shape index (κ3) is 2.98. The maximum absolute atomic E-state index is 11.1. The van der Waals surface area contributed by atoms with Gasteiger partial charge in [0.2, 0.25) is 0 Å². The minimum absolute atomic E-state index is 0.121.